The minimum absolute atomic E-state index is 0.121. The molecule has 0 atom stereocenters. The van der Waals surface area contributed by atoms with Gasteiger partial charge >= 0.3 is 5.69 Å². The SMILES string of the molecule is COc1cc(-c2onc(N)c2Br)ccc1[N+](=O)[O-]. The van der Waals surface area contributed by atoms with Gasteiger partial charge in [0.05, 0.1) is 12.0 Å². The van der Waals surface area contributed by atoms with Gasteiger partial charge in [0.2, 0.25) is 0 Å². The molecule has 0 saturated carbocycles. The number of nitro benzene ring substituents is 1. The number of benzene rings is 1. The zero-order valence-electron chi connectivity index (χ0n) is 9.21. The van der Waals surface area contributed by atoms with Crippen molar-refractivity contribution in [1.29, 1.82) is 0 Å². The standard InChI is InChI=1S/C10H8BrN3O4/c1-17-7-4-5(2-3-6(7)14(15)16)9-8(11)10(12)13-18-9/h2-4H,1H3,(H2,12,13). The topological polar surface area (TPSA) is 104 Å². The maximum atomic E-state index is 10.8. The Morgan fingerprint density at radius 3 is 2.78 bits per heavy atom. The number of rotatable bonds is 3. The number of anilines is 1. The van der Waals surface area contributed by atoms with Gasteiger partial charge in [0.1, 0.15) is 4.47 Å². The van der Waals surface area contributed by atoms with Gasteiger partial charge in [-0.3, -0.25) is 10.1 Å². The first-order valence-electron chi connectivity index (χ1n) is 4.78. The lowest BCUT2D eigenvalue weighted by Crippen LogP contribution is -1.93. The summed E-state index contributed by atoms with van der Waals surface area (Å²) in [4.78, 5) is 10.2. The Morgan fingerprint density at radius 2 is 2.28 bits per heavy atom. The molecule has 1 aromatic carbocycles. The molecule has 0 saturated heterocycles. The van der Waals surface area contributed by atoms with Crippen LogP contribution in [-0.4, -0.2) is 17.2 Å². The van der Waals surface area contributed by atoms with Crippen molar-refractivity contribution < 1.29 is 14.2 Å². The van der Waals surface area contributed by atoms with Gasteiger partial charge in [-0.2, -0.15) is 0 Å². The van der Waals surface area contributed by atoms with E-state index in [1.165, 1.54) is 25.3 Å². The molecule has 1 heterocycles. The van der Waals surface area contributed by atoms with Crippen LogP contribution >= 0.6 is 15.9 Å². The minimum atomic E-state index is -0.521. The van der Waals surface area contributed by atoms with Crippen molar-refractivity contribution in [3.8, 4) is 17.1 Å². The summed E-state index contributed by atoms with van der Waals surface area (Å²) >= 11 is 3.22. The zero-order valence-corrected chi connectivity index (χ0v) is 10.8. The molecule has 0 amide bonds. The second kappa shape index (κ2) is 4.65. The van der Waals surface area contributed by atoms with Crippen LogP contribution in [0.15, 0.2) is 27.2 Å². The molecule has 0 aliphatic carbocycles. The summed E-state index contributed by atoms with van der Waals surface area (Å²) in [7, 11) is 1.36. The molecule has 7 nitrogen and oxygen atoms in total. The average Bonchev–Trinajstić information content (AvgIpc) is 2.69. The van der Waals surface area contributed by atoms with E-state index in [2.05, 4.69) is 21.1 Å². The zero-order chi connectivity index (χ0) is 13.3. The van der Waals surface area contributed by atoms with Gasteiger partial charge in [0, 0.05) is 11.6 Å². The highest BCUT2D eigenvalue weighted by molar-refractivity contribution is 9.10. The number of hydrogen-bond donors (Lipinski definition) is 1. The molecule has 2 rings (SSSR count). The number of methoxy groups -OCH3 is 1. The fraction of sp³-hybridized carbons (Fsp3) is 0.100. The molecule has 0 fully saturated rings. The number of hydrogen-bond acceptors (Lipinski definition) is 6. The largest absolute Gasteiger partial charge is 0.490 e. The highest BCUT2D eigenvalue weighted by atomic mass is 79.9. The summed E-state index contributed by atoms with van der Waals surface area (Å²) < 4.78 is 10.5. The lowest BCUT2D eigenvalue weighted by atomic mass is 10.1. The van der Waals surface area contributed by atoms with Crippen LogP contribution in [0.4, 0.5) is 11.5 Å². The van der Waals surface area contributed by atoms with Crippen LogP contribution < -0.4 is 10.5 Å². The quantitative estimate of drug-likeness (QED) is 0.689. The fourth-order valence-corrected chi connectivity index (χ4v) is 1.81. The van der Waals surface area contributed by atoms with Gasteiger partial charge in [-0.05, 0) is 28.1 Å². The number of halogens is 1. The monoisotopic (exact) mass is 313 g/mol. The Labute approximate surface area is 110 Å². The molecule has 0 aliphatic heterocycles. The van der Waals surface area contributed by atoms with Crippen molar-refractivity contribution in [2.45, 2.75) is 0 Å². The van der Waals surface area contributed by atoms with E-state index in [0.29, 0.717) is 15.8 Å². The third-order valence-corrected chi connectivity index (χ3v) is 3.06. The van der Waals surface area contributed by atoms with Crippen molar-refractivity contribution in [2.75, 3.05) is 12.8 Å². The Kier molecular flexibility index (Phi) is 3.19. The molecule has 0 radical (unpaired) electrons. The Balaban J connectivity index is 2.54. The van der Waals surface area contributed by atoms with Crippen molar-refractivity contribution in [1.82, 2.24) is 5.16 Å². The number of nitrogen functional groups attached to an aromatic ring is 1. The highest BCUT2D eigenvalue weighted by Gasteiger charge is 2.19. The molecule has 0 unspecified atom stereocenters. The van der Waals surface area contributed by atoms with E-state index < -0.39 is 4.92 Å². The smallest absolute Gasteiger partial charge is 0.310 e. The minimum Gasteiger partial charge on any atom is -0.490 e. The van der Waals surface area contributed by atoms with E-state index in [1.54, 1.807) is 0 Å². The molecular formula is C10H8BrN3O4. The maximum absolute atomic E-state index is 10.8. The molecule has 2 N–H and O–H groups in total. The first-order chi connectivity index (χ1) is 8.54. The molecule has 18 heavy (non-hydrogen) atoms. The third-order valence-electron chi connectivity index (χ3n) is 2.30. The molecule has 1 aromatic heterocycles. The summed E-state index contributed by atoms with van der Waals surface area (Å²) in [5.41, 5.74) is 5.99. The molecule has 2 aromatic rings. The number of ether oxygens (including phenoxy) is 1. The molecule has 0 bridgehead atoms. The predicted molar refractivity (Wildman–Crippen MR) is 67.3 cm³/mol. The van der Waals surface area contributed by atoms with Crippen LogP contribution in [0.2, 0.25) is 0 Å². The first-order valence-corrected chi connectivity index (χ1v) is 5.57. The van der Waals surface area contributed by atoms with E-state index in [0.717, 1.165) is 0 Å². The van der Waals surface area contributed by atoms with Crippen LogP contribution in [0.5, 0.6) is 5.75 Å². The normalized spacial score (nSPS) is 10.3. The third kappa shape index (κ3) is 2.02. The van der Waals surface area contributed by atoms with Gasteiger partial charge in [0.15, 0.2) is 17.3 Å². The van der Waals surface area contributed by atoms with Gasteiger partial charge in [-0.25, -0.2) is 0 Å². The second-order valence-corrected chi connectivity index (χ2v) is 4.15. The lowest BCUT2D eigenvalue weighted by Gasteiger charge is -2.03. The second-order valence-electron chi connectivity index (χ2n) is 3.35. The summed E-state index contributed by atoms with van der Waals surface area (Å²) in [5.74, 6) is 0.738. The van der Waals surface area contributed by atoms with Crippen LogP contribution in [0.3, 0.4) is 0 Å². The molecular weight excluding hydrogens is 306 g/mol. The molecule has 8 heteroatoms. The number of aromatic nitrogens is 1. The van der Waals surface area contributed by atoms with Gasteiger partial charge in [-0.15, -0.1) is 0 Å². The van der Waals surface area contributed by atoms with Gasteiger partial charge < -0.3 is 15.0 Å². The van der Waals surface area contributed by atoms with E-state index in [1.807, 2.05) is 0 Å². The van der Waals surface area contributed by atoms with E-state index >= 15 is 0 Å². The van der Waals surface area contributed by atoms with E-state index in [9.17, 15) is 10.1 Å². The van der Waals surface area contributed by atoms with Crippen molar-refractivity contribution in [3.05, 3.63) is 32.8 Å². The fourth-order valence-electron chi connectivity index (χ4n) is 1.44. The maximum Gasteiger partial charge on any atom is 0.310 e. The summed E-state index contributed by atoms with van der Waals surface area (Å²) in [6.07, 6.45) is 0. The van der Waals surface area contributed by atoms with Crippen molar-refractivity contribution in [3.63, 3.8) is 0 Å². The Hall–Kier alpha value is -2.09. The van der Waals surface area contributed by atoms with E-state index in [-0.39, 0.29) is 17.3 Å². The molecule has 0 aliphatic rings. The summed E-state index contributed by atoms with van der Waals surface area (Å²) in [6, 6.07) is 4.35. The first kappa shape index (κ1) is 12.4. The average molecular weight is 314 g/mol. The van der Waals surface area contributed by atoms with Crippen LogP contribution in [0.1, 0.15) is 0 Å². The summed E-state index contributed by atoms with van der Waals surface area (Å²) in [6.45, 7) is 0. The van der Waals surface area contributed by atoms with E-state index in [4.69, 9.17) is 15.0 Å². The number of nitrogens with two attached hydrogens (primary N) is 1. The van der Waals surface area contributed by atoms with Crippen molar-refractivity contribution >= 4 is 27.4 Å². The van der Waals surface area contributed by atoms with Crippen LogP contribution in [0, 0.1) is 10.1 Å². The Bertz CT molecular complexity index is 611. The number of nitrogens with zero attached hydrogens (tertiary/aromatic N) is 2. The highest BCUT2D eigenvalue weighted by Crippen LogP contribution is 2.37. The predicted octanol–water partition coefficient (Wildman–Crippen LogP) is 2.60. The van der Waals surface area contributed by atoms with Crippen molar-refractivity contribution in [2.24, 2.45) is 0 Å². The molecule has 0 spiro atoms. The van der Waals surface area contributed by atoms with Crippen LogP contribution in [-0.2, 0) is 0 Å². The summed E-state index contributed by atoms with van der Waals surface area (Å²) in [5, 5.41) is 14.3. The Morgan fingerprint density at radius 1 is 1.56 bits per heavy atom. The van der Waals surface area contributed by atoms with Gasteiger partial charge in [0.25, 0.3) is 0 Å². The molecule has 94 valence electrons. The number of nitro groups is 1. The van der Waals surface area contributed by atoms with Gasteiger partial charge in [-0.1, -0.05) is 5.16 Å². The van der Waals surface area contributed by atoms with Crippen LogP contribution in [0.25, 0.3) is 11.3 Å². The lowest BCUT2D eigenvalue weighted by molar-refractivity contribution is -0.385.